The van der Waals surface area contributed by atoms with E-state index in [1.165, 1.54) is 25.3 Å². The van der Waals surface area contributed by atoms with Crippen LogP contribution in [0, 0.1) is 5.82 Å². The summed E-state index contributed by atoms with van der Waals surface area (Å²) in [7, 11) is 5.67. The number of carbonyl (C=O) groups excluding carboxylic acids is 1. The molecule has 0 amide bonds. The molecule has 0 unspecified atom stereocenters. The van der Waals surface area contributed by atoms with Crippen molar-refractivity contribution in [1.29, 1.82) is 0 Å². The molecule has 4 nitrogen and oxygen atoms in total. The molecule has 0 spiro atoms. The number of hydrogen-bond donors (Lipinski definition) is 0. The highest BCUT2D eigenvalue weighted by molar-refractivity contribution is 6.00. The Kier molecular flexibility index (Phi) is 5.31. The summed E-state index contributed by atoms with van der Waals surface area (Å²) in [6, 6.07) is 4.65. The molecule has 1 saturated heterocycles. The first-order valence-corrected chi connectivity index (χ1v) is 7.26. The van der Waals surface area contributed by atoms with Crippen LogP contribution in [0.2, 0.25) is 0 Å². The summed E-state index contributed by atoms with van der Waals surface area (Å²) in [6.07, 6.45) is 2.11. The number of halogens is 1. The Labute approximate surface area is 125 Å². The molecular formula is C16H23FN2O2. The first kappa shape index (κ1) is 15.9. The van der Waals surface area contributed by atoms with Gasteiger partial charge in [-0.05, 0) is 45.1 Å². The predicted molar refractivity (Wildman–Crippen MR) is 80.4 cm³/mol. The second kappa shape index (κ2) is 7.00. The Hall–Kier alpha value is -1.46. The fourth-order valence-corrected chi connectivity index (χ4v) is 2.78. The van der Waals surface area contributed by atoms with Crippen LogP contribution in [0.3, 0.4) is 0 Å². The number of likely N-dealkylation sites (tertiary alicyclic amines) is 1. The molecule has 1 fully saturated rings. The van der Waals surface area contributed by atoms with Crippen molar-refractivity contribution in [1.82, 2.24) is 9.80 Å². The van der Waals surface area contributed by atoms with Crippen molar-refractivity contribution in [3.8, 4) is 5.75 Å². The molecule has 0 aromatic heterocycles. The Morgan fingerprint density at radius 2 is 2.05 bits per heavy atom. The molecule has 116 valence electrons. The van der Waals surface area contributed by atoms with Crippen LogP contribution in [0.25, 0.3) is 0 Å². The molecule has 0 bridgehead atoms. The van der Waals surface area contributed by atoms with E-state index in [0.717, 1.165) is 25.9 Å². The van der Waals surface area contributed by atoms with Gasteiger partial charge in [0.2, 0.25) is 0 Å². The molecule has 2 rings (SSSR count). The van der Waals surface area contributed by atoms with Gasteiger partial charge in [0, 0.05) is 19.1 Å². The largest absolute Gasteiger partial charge is 0.496 e. The zero-order chi connectivity index (χ0) is 15.4. The van der Waals surface area contributed by atoms with Gasteiger partial charge < -0.3 is 9.64 Å². The first-order chi connectivity index (χ1) is 10.0. The summed E-state index contributed by atoms with van der Waals surface area (Å²) >= 11 is 0. The number of hydrogen-bond acceptors (Lipinski definition) is 4. The maximum atomic E-state index is 13.3. The van der Waals surface area contributed by atoms with E-state index in [0.29, 0.717) is 23.9 Å². The number of Topliss-reactive ketones (excluding diaryl/α,β-unsaturated/α-hetero) is 1. The van der Waals surface area contributed by atoms with Crippen molar-refractivity contribution < 1.29 is 13.9 Å². The summed E-state index contributed by atoms with van der Waals surface area (Å²) in [6.45, 7) is 2.11. The number of piperidine rings is 1. The van der Waals surface area contributed by atoms with Gasteiger partial charge >= 0.3 is 0 Å². The fourth-order valence-electron chi connectivity index (χ4n) is 2.78. The molecule has 21 heavy (non-hydrogen) atoms. The van der Waals surface area contributed by atoms with Gasteiger partial charge in [-0.25, -0.2) is 4.39 Å². The highest BCUT2D eigenvalue weighted by Gasteiger charge is 2.23. The summed E-state index contributed by atoms with van der Waals surface area (Å²) in [4.78, 5) is 16.7. The van der Waals surface area contributed by atoms with Crippen molar-refractivity contribution >= 4 is 5.78 Å². The highest BCUT2D eigenvalue weighted by atomic mass is 19.1. The molecule has 0 saturated carbocycles. The van der Waals surface area contributed by atoms with Gasteiger partial charge in [-0.15, -0.1) is 0 Å². The number of nitrogens with zero attached hydrogens (tertiary/aromatic N) is 2. The number of ether oxygens (including phenoxy) is 1. The Morgan fingerprint density at radius 3 is 2.62 bits per heavy atom. The molecule has 0 aliphatic carbocycles. The summed E-state index contributed by atoms with van der Waals surface area (Å²) < 4.78 is 18.5. The third-order valence-corrected chi connectivity index (χ3v) is 4.12. The molecule has 1 aromatic rings. The van der Waals surface area contributed by atoms with Crippen LogP contribution < -0.4 is 4.74 Å². The van der Waals surface area contributed by atoms with Crippen LogP contribution in [0.4, 0.5) is 4.39 Å². The smallest absolute Gasteiger partial charge is 0.180 e. The van der Waals surface area contributed by atoms with E-state index in [-0.39, 0.29) is 5.78 Å². The topological polar surface area (TPSA) is 32.8 Å². The molecule has 0 radical (unpaired) electrons. The van der Waals surface area contributed by atoms with Gasteiger partial charge in [0.15, 0.2) is 5.78 Å². The SMILES string of the molecule is COc1ccc(F)cc1C(=O)CN1CCC(N(C)C)CC1. The number of ketones is 1. The van der Waals surface area contributed by atoms with Gasteiger partial charge in [-0.2, -0.15) is 0 Å². The molecule has 5 heteroatoms. The van der Waals surface area contributed by atoms with Gasteiger partial charge in [0.25, 0.3) is 0 Å². The third-order valence-electron chi connectivity index (χ3n) is 4.12. The van der Waals surface area contributed by atoms with Crippen LogP contribution in [-0.4, -0.2) is 62.5 Å². The minimum Gasteiger partial charge on any atom is -0.496 e. The average molecular weight is 294 g/mol. The zero-order valence-corrected chi connectivity index (χ0v) is 12.9. The lowest BCUT2D eigenvalue weighted by atomic mass is 10.0. The molecule has 1 aliphatic rings. The predicted octanol–water partition coefficient (Wildman–Crippen LogP) is 2.04. The fraction of sp³-hybridized carbons (Fsp3) is 0.562. The average Bonchev–Trinajstić information content (AvgIpc) is 2.47. The van der Waals surface area contributed by atoms with Crippen molar-refractivity contribution in [2.24, 2.45) is 0 Å². The van der Waals surface area contributed by atoms with E-state index in [1.807, 2.05) is 0 Å². The second-order valence-corrected chi connectivity index (χ2v) is 5.74. The molecule has 1 heterocycles. The molecule has 0 atom stereocenters. The van der Waals surface area contributed by atoms with E-state index in [2.05, 4.69) is 23.9 Å². The Bertz CT molecular complexity index is 497. The van der Waals surface area contributed by atoms with Gasteiger partial charge in [0.1, 0.15) is 11.6 Å². The van der Waals surface area contributed by atoms with Gasteiger partial charge in [0.05, 0.1) is 19.2 Å². The van der Waals surface area contributed by atoms with E-state index in [1.54, 1.807) is 0 Å². The summed E-state index contributed by atoms with van der Waals surface area (Å²) in [5, 5.41) is 0. The van der Waals surface area contributed by atoms with E-state index in [9.17, 15) is 9.18 Å². The summed E-state index contributed by atoms with van der Waals surface area (Å²) in [5.41, 5.74) is 0.326. The van der Waals surface area contributed by atoms with Crippen molar-refractivity contribution in [3.05, 3.63) is 29.6 Å². The number of benzene rings is 1. The maximum Gasteiger partial charge on any atom is 0.180 e. The van der Waals surface area contributed by atoms with E-state index in [4.69, 9.17) is 4.74 Å². The van der Waals surface area contributed by atoms with Crippen LogP contribution in [0.1, 0.15) is 23.2 Å². The number of carbonyl (C=O) groups is 1. The monoisotopic (exact) mass is 294 g/mol. The maximum absolute atomic E-state index is 13.3. The van der Waals surface area contributed by atoms with Crippen LogP contribution in [0.5, 0.6) is 5.75 Å². The highest BCUT2D eigenvalue weighted by Crippen LogP contribution is 2.21. The lowest BCUT2D eigenvalue weighted by Crippen LogP contribution is -2.43. The molecule has 1 aliphatic heterocycles. The van der Waals surface area contributed by atoms with Gasteiger partial charge in [-0.3, -0.25) is 9.69 Å². The van der Waals surface area contributed by atoms with Crippen LogP contribution >= 0.6 is 0 Å². The van der Waals surface area contributed by atoms with Crippen LogP contribution in [-0.2, 0) is 0 Å². The Balaban J connectivity index is 1.98. The molecule has 0 N–H and O–H groups in total. The first-order valence-electron chi connectivity index (χ1n) is 7.26. The van der Waals surface area contributed by atoms with E-state index >= 15 is 0 Å². The van der Waals surface area contributed by atoms with Crippen LogP contribution in [0.15, 0.2) is 18.2 Å². The quantitative estimate of drug-likeness (QED) is 0.778. The summed E-state index contributed by atoms with van der Waals surface area (Å²) in [5.74, 6) is -0.0651. The molecule has 1 aromatic carbocycles. The van der Waals surface area contributed by atoms with E-state index < -0.39 is 5.82 Å². The second-order valence-electron chi connectivity index (χ2n) is 5.74. The molecular weight excluding hydrogens is 271 g/mol. The number of rotatable bonds is 5. The van der Waals surface area contributed by atoms with Gasteiger partial charge in [-0.1, -0.05) is 0 Å². The van der Waals surface area contributed by atoms with Crippen molar-refractivity contribution in [3.63, 3.8) is 0 Å². The Morgan fingerprint density at radius 1 is 1.38 bits per heavy atom. The third kappa shape index (κ3) is 4.02. The standard InChI is InChI=1S/C16H23FN2O2/c1-18(2)13-6-8-19(9-7-13)11-15(20)14-10-12(17)4-5-16(14)21-3/h4-5,10,13H,6-9,11H2,1-3H3. The zero-order valence-electron chi connectivity index (χ0n) is 12.9. The number of methoxy groups -OCH3 is 1. The minimum atomic E-state index is -0.412. The van der Waals surface area contributed by atoms with Crippen molar-refractivity contribution in [2.75, 3.05) is 40.8 Å². The minimum absolute atomic E-state index is 0.0883. The normalized spacial score (nSPS) is 17.2. The lowest BCUT2D eigenvalue weighted by molar-refractivity contribution is 0.0870. The van der Waals surface area contributed by atoms with Crippen molar-refractivity contribution in [2.45, 2.75) is 18.9 Å². The lowest BCUT2D eigenvalue weighted by Gasteiger charge is -2.34.